The van der Waals surface area contributed by atoms with Gasteiger partial charge in [-0.25, -0.2) is 0 Å². The van der Waals surface area contributed by atoms with E-state index in [0.717, 1.165) is 58.3 Å². The number of hydrogen-bond donors (Lipinski definition) is 2. The van der Waals surface area contributed by atoms with Crippen molar-refractivity contribution in [3.63, 3.8) is 0 Å². The van der Waals surface area contributed by atoms with E-state index in [1.165, 1.54) is 63.8 Å². The normalized spacial score (nSPS) is 14.4. The van der Waals surface area contributed by atoms with E-state index >= 15 is 0 Å². The third-order valence-corrected chi connectivity index (χ3v) is 11.7. The topological polar surface area (TPSA) is 70.5 Å². The lowest BCUT2D eigenvalue weighted by molar-refractivity contribution is 0.346. The summed E-state index contributed by atoms with van der Waals surface area (Å²) in [5.41, 5.74) is 25.9. The number of aryl methyl sites for hydroxylation is 2. The lowest BCUT2D eigenvalue weighted by Gasteiger charge is -2.42. The molecule has 7 rings (SSSR count). The van der Waals surface area contributed by atoms with Gasteiger partial charge in [0.25, 0.3) is 0 Å². The van der Waals surface area contributed by atoms with Crippen LogP contribution in [0.25, 0.3) is 22.3 Å². The van der Waals surface area contributed by atoms with Crippen LogP contribution in [0, 0.1) is 13.8 Å². The first-order valence-electron chi connectivity index (χ1n) is 20.2. The molecular formula is C52H58N2O2. The largest absolute Gasteiger partial charge is 0.457 e. The van der Waals surface area contributed by atoms with Gasteiger partial charge in [-0.2, -0.15) is 0 Å². The van der Waals surface area contributed by atoms with Gasteiger partial charge in [0, 0.05) is 16.8 Å². The minimum atomic E-state index is -0.203. The molecule has 0 amide bonds. The minimum absolute atomic E-state index is 0.0106. The van der Waals surface area contributed by atoms with Crippen molar-refractivity contribution in [2.75, 3.05) is 11.5 Å². The average Bonchev–Trinajstić information content (AvgIpc) is 3.17. The molecule has 0 atom stereocenters. The predicted molar refractivity (Wildman–Crippen MR) is 236 cm³/mol. The fourth-order valence-electron chi connectivity index (χ4n) is 8.34. The fraction of sp³-hybridized carbons (Fsp3) is 0.308. The summed E-state index contributed by atoms with van der Waals surface area (Å²) in [5, 5.41) is 0. The standard InChI is InChI=1S/C52H58N2O2/c1-34-30-36(12-26-48(34)55-42-20-16-40(53)17-21-42)44-24-14-38(50(3,4)5)32-46(44)52(28-10-9-11-29-52)47-33-39(51(6,7)8)15-25-45(47)37-13-27-49(35(2)31-37)56-43-22-18-41(54)19-23-43/h12-27,30-33H,9-11,28-29,53-54H2,1-8H3. The van der Waals surface area contributed by atoms with Crippen molar-refractivity contribution in [3.8, 4) is 45.3 Å². The molecule has 0 bridgehead atoms. The molecule has 1 aliphatic rings. The van der Waals surface area contributed by atoms with Crippen LogP contribution in [0.5, 0.6) is 23.0 Å². The van der Waals surface area contributed by atoms with E-state index in [-0.39, 0.29) is 16.2 Å². The molecule has 6 aromatic rings. The molecule has 6 aromatic carbocycles. The van der Waals surface area contributed by atoms with Gasteiger partial charge in [0.05, 0.1) is 0 Å². The Bertz CT molecular complexity index is 2170. The number of nitrogen functional groups attached to an aromatic ring is 2. The van der Waals surface area contributed by atoms with Gasteiger partial charge in [-0.05, 0) is 166 Å². The van der Waals surface area contributed by atoms with Crippen LogP contribution in [-0.4, -0.2) is 0 Å². The molecule has 4 nitrogen and oxygen atoms in total. The second kappa shape index (κ2) is 15.2. The number of benzene rings is 6. The summed E-state index contributed by atoms with van der Waals surface area (Å²) in [4.78, 5) is 0. The summed E-state index contributed by atoms with van der Waals surface area (Å²) < 4.78 is 12.7. The zero-order valence-corrected chi connectivity index (χ0v) is 34.6. The summed E-state index contributed by atoms with van der Waals surface area (Å²) in [7, 11) is 0. The fourth-order valence-corrected chi connectivity index (χ4v) is 8.34. The van der Waals surface area contributed by atoms with E-state index in [0.29, 0.717) is 0 Å². The second-order valence-corrected chi connectivity index (χ2v) is 18.0. The van der Waals surface area contributed by atoms with E-state index in [2.05, 4.69) is 128 Å². The molecule has 288 valence electrons. The molecule has 4 heteroatoms. The summed E-state index contributed by atoms with van der Waals surface area (Å²) >= 11 is 0. The minimum Gasteiger partial charge on any atom is -0.457 e. The molecule has 1 saturated carbocycles. The number of anilines is 2. The Hall–Kier alpha value is -5.48. The van der Waals surface area contributed by atoms with Gasteiger partial charge in [-0.15, -0.1) is 0 Å². The molecule has 4 N–H and O–H groups in total. The highest BCUT2D eigenvalue weighted by Gasteiger charge is 2.40. The quantitative estimate of drug-likeness (QED) is 0.152. The smallest absolute Gasteiger partial charge is 0.130 e. The van der Waals surface area contributed by atoms with Gasteiger partial charge in [0.1, 0.15) is 23.0 Å². The van der Waals surface area contributed by atoms with Crippen LogP contribution in [0.3, 0.4) is 0 Å². The van der Waals surface area contributed by atoms with Crippen LogP contribution in [0.1, 0.15) is 107 Å². The Morgan fingerprint density at radius 3 is 1.21 bits per heavy atom. The van der Waals surface area contributed by atoms with Crippen molar-refractivity contribution in [1.29, 1.82) is 0 Å². The molecule has 1 fully saturated rings. The predicted octanol–water partition coefficient (Wildman–Crippen LogP) is 14.2. The number of rotatable bonds is 8. The van der Waals surface area contributed by atoms with E-state index in [4.69, 9.17) is 20.9 Å². The maximum absolute atomic E-state index is 6.35. The van der Waals surface area contributed by atoms with Crippen LogP contribution in [0.15, 0.2) is 121 Å². The van der Waals surface area contributed by atoms with E-state index in [9.17, 15) is 0 Å². The van der Waals surface area contributed by atoms with E-state index in [1.807, 2.05) is 48.5 Å². The monoisotopic (exact) mass is 742 g/mol. The van der Waals surface area contributed by atoms with Gasteiger partial charge in [-0.3, -0.25) is 0 Å². The van der Waals surface area contributed by atoms with Gasteiger partial charge < -0.3 is 20.9 Å². The molecule has 56 heavy (non-hydrogen) atoms. The second-order valence-electron chi connectivity index (χ2n) is 18.0. The Balaban J connectivity index is 1.41. The molecule has 0 spiro atoms. The number of ether oxygens (including phenoxy) is 2. The maximum Gasteiger partial charge on any atom is 0.130 e. The molecule has 0 saturated heterocycles. The first kappa shape index (κ1) is 38.8. The third kappa shape index (κ3) is 8.07. The molecule has 0 heterocycles. The van der Waals surface area contributed by atoms with Gasteiger partial charge in [0.2, 0.25) is 0 Å². The summed E-state index contributed by atoms with van der Waals surface area (Å²) in [6.07, 6.45) is 5.78. The summed E-state index contributed by atoms with van der Waals surface area (Å²) in [6.45, 7) is 18.3. The highest BCUT2D eigenvalue weighted by atomic mass is 16.5. The Morgan fingerprint density at radius 1 is 0.464 bits per heavy atom. The number of nitrogens with two attached hydrogens (primary N) is 2. The maximum atomic E-state index is 6.35. The van der Waals surface area contributed by atoms with Crippen molar-refractivity contribution in [3.05, 3.63) is 155 Å². The summed E-state index contributed by atoms with van der Waals surface area (Å²) in [6, 6.07) is 43.1. The highest BCUT2D eigenvalue weighted by molar-refractivity contribution is 5.77. The van der Waals surface area contributed by atoms with Gasteiger partial charge >= 0.3 is 0 Å². The van der Waals surface area contributed by atoms with Gasteiger partial charge in [-0.1, -0.05) is 109 Å². The lowest BCUT2D eigenvalue weighted by atomic mass is 9.61. The van der Waals surface area contributed by atoms with Crippen molar-refractivity contribution in [2.24, 2.45) is 0 Å². The van der Waals surface area contributed by atoms with Crippen molar-refractivity contribution in [2.45, 2.75) is 104 Å². The van der Waals surface area contributed by atoms with Crippen LogP contribution in [-0.2, 0) is 16.2 Å². The van der Waals surface area contributed by atoms with Crippen LogP contribution < -0.4 is 20.9 Å². The first-order chi connectivity index (χ1) is 26.6. The zero-order chi connectivity index (χ0) is 39.8. The molecule has 0 aliphatic heterocycles. The Labute approximate surface area is 334 Å². The molecule has 0 radical (unpaired) electrons. The van der Waals surface area contributed by atoms with Crippen molar-refractivity contribution in [1.82, 2.24) is 0 Å². The van der Waals surface area contributed by atoms with Crippen molar-refractivity contribution >= 4 is 11.4 Å². The highest BCUT2D eigenvalue weighted by Crippen LogP contribution is 2.53. The lowest BCUT2D eigenvalue weighted by Crippen LogP contribution is -2.33. The van der Waals surface area contributed by atoms with Crippen LogP contribution in [0.2, 0.25) is 0 Å². The van der Waals surface area contributed by atoms with Crippen LogP contribution in [0.4, 0.5) is 11.4 Å². The first-order valence-corrected chi connectivity index (χ1v) is 20.2. The van der Waals surface area contributed by atoms with Crippen molar-refractivity contribution < 1.29 is 9.47 Å². The molecule has 1 aliphatic carbocycles. The van der Waals surface area contributed by atoms with Gasteiger partial charge in [0.15, 0.2) is 0 Å². The zero-order valence-electron chi connectivity index (χ0n) is 34.6. The Kier molecular flexibility index (Phi) is 10.5. The average molecular weight is 743 g/mol. The van der Waals surface area contributed by atoms with Crippen LogP contribution >= 0.6 is 0 Å². The molecular weight excluding hydrogens is 685 g/mol. The SMILES string of the molecule is Cc1cc(-c2ccc(C(C)(C)C)cc2C2(c3cc(C(C)(C)C)ccc3-c3ccc(Oc4ccc(N)cc4)c(C)c3)CCCCC2)ccc1Oc1ccc(N)cc1. The van der Waals surface area contributed by atoms with E-state index < -0.39 is 0 Å². The summed E-state index contributed by atoms with van der Waals surface area (Å²) in [5.74, 6) is 3.24. The number of hydrogen-bond acceptors (Lipinski definition) is 4. The molecule has 0 unspecified atom stereocenters. The van der Waals surface area contributed by atoms with E-state index in [1.54, 1.807) is 0 Å². The Morgan fingerprint density at radius 2 is 0.857 bits per heavy atom. The third-order valence-electron chi connectivity index (χ3n) is 11.7. The molecule has 0 aromatic heterocycles.